The number of nitrogens with zero attached hydrogens (tertiary/aromatic N) is 1. The zero-order valence-electron chi connectivity index (χ0n) is 15.7. The minimum Gasteiger partial charge on any atom is -0.462 e. The molecule has 0 bridgehead atoms. The Morgan fingerprint density at radius 3 is 2.50 bits per heavy atom. The topological polar surface area (TPSA) is 101 Å². The van der Waals surface area contributed by atoms with Gasteiger partial charge in [0.25, 0.3) is 11.7 Å². The normalized spacial score (nSPS) is 10.5. The third-order valence-corrected chi connectivity index (χ3v) is 4.78. The van der Waals surface area contributed by atoms with Crippen LogP contribution in [-0.2, 0) is 9.53 Å². The number of ether oxygens (including phenoxy) is 1. The van der Waals surface area contributed by atoms with Crippen molar-refractivity contribution in [2.75, 3.05) is 11.9 Å². The molecule has 0 aliphatic rings. The van der Waals surface area contributed by atoms with Crippen molar-refractivity contribution >= 4 is 34.1 Å². The molecule has 7 nitrogen and oxygen atoms in total. The SMILES string of the molecule is CCOC(=O)c1c(C)[nH]c(C(=O)C(=O)Nc2nccs2)c1-c1ccc(C)cc1. The average molecular weight is 397 g/mol. The van der Waals surface area contributed by atoms with E-state index in [1.165, 1.54) is 17.5 Å². The van der Waals surface area contributed by atoms with Crippen molar-refractivity contribution in [3.63, 3.8) is 0 Å². The van der Waals surface area contributed by atoms with Crippen LogP contribution in [0.5, 0.6) is 0 Å². The Kier molecular flexibility index (Phi) is 5.70. The van der Waals surface area contributed by atoms with E-state index in [0.717, 1.165) is 5.56 Å². The number of amides is 1. The highest BCUT2D eigenvalue weighted by Gasteiger charge is 2.30. The number of aromatic amines is 1. The number of anilines is 1. The Morgan fingerprint density at radius 1 is 1.18 bits per heavy atom. The first-order valence-corrected chi connectivity index (χ1v) is 9.52. The molecule has 2 aromatic heterocycles. The first-order valence-electron chi connectivity index (χ1n) is 8.64. The summed E-state index contributed by atoms with van der Waals surface area (Å²) in [5, 5.41) is 4.49. The van der Waals surface area contributed by atoms with Gasteiger partial charge in [-0.15, -0.1) is 11.3 Å². The highest BCUT2D eigenvalue weighted by molar-refractivity contribution is 7.13. The summed E-state index contributed by atoms with van der Waals surface area (Å²) in [4.78, 5) is 44.7. The van der Waals surface area contributed by atoms with E-state index in [2.05, 4.69) is 15.3 Å². The monoisotopic (exact) mass is 397 g/mol. The number of esters is 1. The maximum Gasteiger partial charge on any atom is 0.340 e. The summed E-state index contributed by atoms with van der Waals surface area (Å²) in [5.74, 6) is -2.17. The summed E-state index contributed by atoms with van der Waals surface area (Å²) >= 11 is 1.21. The molecular formula is C20H19N3O4S. The lowest BCUT2D eigenvalue weighted by atomic mass is 9.97. The molecule has 0 saturated carbocycles. The van der Waals surface area contributed by atoms with Crippen molar-refractivity contribution in [2.45, 2.75) is 20.8 Å². The molecule has 0 atom stereocenters. The number of aryl methyl sites for hydroxylation is 2. The van der Waals surface area contributed by atoms with Crippen molar-refractivity contribution < 1.29 is 19.1 Å². The number of thiazole rings is 1. The third-order valence-electron chi connectivity index (χ3n) is 4.09. The summed E-state index contributed by atoms with van der Waals surface area (Å²) in [6, 6.07) is 7.35. The van der Waals surface area contributed by atoms with Gasteiger partial charge in [0.05, 0.1) is 12.2 Å². The van der Waals surface area contributed by atoms with Gasteiger partial charge in [-0.1, -0.05) is 29.8 Å². The smallest absolute Gasteiger partial charge is 0.340 e. The molecule has 3 aromatic rings. The van der Waals surface area contributed by atoms with Crippen LogP contribution in [0.2, 0.25) is 0 Å². The number of hydrogen-bond donors (Lipinski definition) is 2. The number of Topliss-reactive ketones (excluding diaryl/α,β-unsaturated/α-hetero) is 1. The van der Waals surface area contributed by atoms with Crippen LogP contribution in [0.3, 0.4) is 0 Å². The van der Waals surface area contributed by atoms with E-state index in [-0.39, 0.29) is 17.9 Å². The maximum atomic E-state index is 12.9. The third kappa shape index (κ3) is 3.86. The lowest BCUT2D eigenvalue weighted by Crippen LogP contribution is -2.23. The predicted molar refractivity (Wildman–Crippen MR) is 107 cm³/mol. The van der Waals surface area contributed by atoms with Gasteiger partial charge in [0, 0.05) is 22.8 Å². The first-order chi connectivity index (χ1) is 13.4. The molecule has 28 heavy (non-hydrogen) atoms. The van der Waals surface area contributed by atoms with Gasteiger partial charge in [-0.3, -0.25) is 14.9 Å². The van der Waals surface area contributed by atoms with Crippen LogP contribution >= 0.6 is 11.3 Å². The van der Waals surface area contributed by atoms with Crippen molar-refractivity contribution in [3.05, 3.63) is 58.4 Å². The number of carbonyl (C=O) groups excluding carboxylic acids is 3. The van der Waals surface area contributed by atoms with Crippen LogP contribution < -0.4 is 5.32 Å². The van der Waals surface area contributed by atoms with Crippen molar-refractivity contribution in [2.24, 2.45) is 0 Å². The Morgan fingerprint density at radius 2 is 1.89 bits per heavy atom. The number of benzene rings is 1. The quantitative estimate of drug-likeness (QED) is 0.375. The Hall–Kier alpha value is -3.26. The molecule has 0 aliphatic carbocycles. The van der Waals surface area contributed by atoms with Crippen LogP contribution in [-0.4, -0.2) is 34.2 Å². The van der Waals surface area contributed by atoms with Crippen LogP contribution in [0.15, 0.2) is 35.8 Å². The van der Waals surface area contributed by atoms with E-state index in [1.54, 1.807) is 31.4 Å². The van der Waals surface area contributed by atoms with Gasteiger partial charge < -0.3 is 9.72 Å². The van der Waals surface area contributed by atoms with Crippen molar-refractivity contribution in [1.82, 2.24) is 9.97 Å². The molecule has 2 heterocycles. The number of hydrogen-bond acceptors (Lipinski definition) is 6. The highest BCUT2D eigenvalue weighted by Crippen LogP contribution is 2.32. The number of carbonyl (C=O) groups is 3. The summed E-state index contributed by atoms with van der Waals surface area (Å²) in [6.07, 6.45) is 1.53. The largest absolute Gasteiger partial charge is 0.462 e. The molecule has 144 valence electrons. The van der Waals surface area contributed by atoms with Crippen molar-refractivity contribution in [3.8, 4) is 11.1 Å². The van der Waals surface area contributed by atoms with E-state index in [1.807, 2.05) is 19.1 Å². The summed E-state index contributed by atoms with van der Waals surface area (Å²) in [5.41, 5.74) is 2.77. The van der Waals surface area contributed by atoms with Gasteiger partial charge in [-0.2, -0.15) is 0 Å². The molecule has 1 aromatic carbocycles. The molecule has 0 radical (unpaired) electrons. The second-order valence-electron chi connectivity index (χ2n) is 6.08. The number of aromatic nitrogens is 2. The van der Waals surface area contributed by atoms with Gasteiger partial charge in [0.2, 0.25) is 0 Å². The molecule has 0 aliphatic heterocycles. The lowest BCUT2D eigenvalue weighted by Gasteiger charge is -2.08. The maximum absolute atomic E-state index is 12.9. The van der Waals surface area contributed by atoms with Gasteiger partial charge in [0.15, 0.2) is 5.13 Å². The van der Waals surface area contributed by atoms with Gasteiger partial charge >= 0.3 is 5.97 Å². The molecule has 0 unspecified atom stereocenters. The van der Waals surface area contributed by atoms with E-state index in [9.17, 15) is 14.4 Å². The Labute approximate surface area is 165 Å². The fourth-order valence-corrected chi connectivity index (χ4v) is 3.34. The summed E-state index contributed by atoms with van der Waals surface area (Å²) in [7, 11) is 0. The molecule has 3 rings (SSSR count). The van der Waals surface area contributed by atoms with Crippen LogP contribution in [0.1, 0.15) is 39.0 Å². The second-order valence-corrected chi connectivity index (χ2v) is 6.98. The first kappa shape index (κ1) is 19.5. The average Bonchev–Trinajstić information content (AvgIpc) is 3.29. The van der Waals surface area contributed by atoms with E-state index in [4.69, 9.17) is 4.74 Å². The fourth-order valence-electron chi connectivity index (χ4n) is 2.82. The minimum absolute atomic E-state index is 0.0402. The number of H-pyrrole nitrogens is 1. The Bertz CT molecular complexity index is 1020. The molecule has 0 saturated heterocycles. The minimum atomic E-state index is -0.833. The molecular weight excluding hydrogens is 378 g/mol. The molecule has 0 fully saturated rings. The van der Waals surface area contributed by atoms with Gasteiger partial charge in [-0.05, 0) is 26.3 Å². The van der Waals surface area contributed by atoms with Crippen molar-refractivity contribution in [1.29, 1.82) is 0 Å². The molecule has 1 amide bonds. The van der Waals surface area contributed by atoms with Crippen LogP contribution in [0, 0.1) is 13.8 Å². The summed E-state index contributed by atoms with van der Waals surface area (Å²) < 4.78 is 5.15. The molecule has 2 N–H and O–H groups in total. The predicted octanol–water partition coefficient (Wildman–Crippen LogP) is 3.75. The van der Waals surface area contributed by atoms with E-state index >= 15 is 0 Å². The zero-order chi connectivity index (χ0) is 20.3. The lowest BCUT2D eigenvalue weighted by molar-refractivity contribution is -0.112. The van der Waals surface area contributed by atoms with E-state index < -0.39 is 17.7 Å². The fraction of sp³-hybridized carbons (Fsp3) is 0.200. The second kappa shape index (κ2) is 8.18. The number of ketones is 1. The van der Waals surface area contributed by atoms with E-state index in [0.29, 0.717) is 22.0 Å². The van der Waals surface area contributed by atoms with Crippen LogP contribution in [0.4, 0.5) is 5.13 Å². The Balaban J connectivity index is 2.08. The zero-order valence-corrected chi connectivity index (χ0v) is 16.5. The molecule has 0 spiro atoms. The van der Waals surface area contributed by atoms with Gasteiger partial charge in [0.1, 0.15) is 5.69 Å². The van der Waals surface area contributed by atoms with Gasteiger partial charge in [-0.25, -0.2) is 9.78 Å². The molecule has 8 heteroatoms. The standard InChI is InChI=1S/C20H19N3O4S/c1-4-27-19(26)14-12(3)22-16(15(14)13-7-5-11(2)6-8-13)17(24)18(25)23-20-21-9-10-28-20/h5-10,22H,4H2,1-3H3,(H,21,23,25). The number of rotatable bonds is 6. The highest BCUT2D eigenvalue weighted by atomic mass is 32.1. The van der Waals surface area contributed by atoms with Crippen LogP contribution in [0.25, 0.3) is 11.1 Å². The number of nitrogens with one attached hydrogen (secondary N) is 2. The summed E-state index contributed by atoms with van der Waals surface area (Å²) in [6.45, 7) is 5.51.